The van der Waals surface area contributed by atoms with Crippen LogP contribution in [-0.4, -0.2) is 60.2 Å². The van der Waals surface area contributed by atoms with E-state index in [1.165, 1.54) is 26.2 Å². The van der Waals surface area contributed by atoms with E-state index in [9.17, 15) is 19.6 Å². The lowest BCUT2D eigenvalue weighted by Gasteiger charge is -2.29. The van der Waals surface area contributed by atoms with Crippen LogP contribution in [0.1, 0.15) is 66.4 Å². The lowest BCUT2D eigenvalue weighted by atomic mass is 9.86. The number of hydrogen-bond acceptors (Lipinski definition) is 9. The van der Waals surface area contributed by atoms with Crippen LogP contribution in [0.15, 0.2) is 42.2 Å². The van der Waals surface area contributed by atoms with Gasteiger partial charge in [-0.25, -0.2) is 8.91 Å². The van der Waals surface area contributed by atoms with Gasteiger partial charge in [-0.15, -0.1) is 21.5 Å². The van der Waals surface area contributed by atoms with Gasteiger partial charge >= 0.3 is 0 Å². The van der Waals surface area contributed by atoms with E-state index in [-0.39, 0.29) is 18.2 Å². The highest BCUT2D eigenvalue weighted by atomic mass is 32.1. The van der Waals surface area contributed by atoms with Gasteiger partial charge in [0.1, 0.15) is 22.8 Å². The summed E-state index contributed by atoms with van der Waals surface area (Å²) in [5.41, 5.74) is 3.55. The van der Waals surface area contributed by atoms with Crippen molar-refractivity contribution in [3.05, 3.63) is 58.3 Å². The predicted octanol–water partition coefficient (Wildman–Crippen LogP) is 4.10. The van der Waals surface area contributed by atoms with Gasteiger partial charge in [0, 0.05) is 18.2 Å². The number of nitrogens with zero attached hydrogens (tertiary/aromatic N) is 6. The van der Waals surface area contributed by atoms with Gasteiger partial charge in [-0.1, -0.05) is 0 Å². The summed E-state index contributed by atoms with van der Waals surface area (Å²) in [6.07, 6.45) is 5.02. The number of anilines is 1. The minimum Gasteiger partial charge on any atom is -0.387 e. The molecular weight excluding hydrogens is 519 g/mol. The second kappa shape index (κ2) is 11.0. The Kier molecular flexibility index (Phi) is 7.54. The molecule has 1 fully saturated rings. The first kappa shape index (κ1) is 26.6. The lowest BCUT2D eigenvalue weighted by Crippen LogP contribution is -2.42. The number of aromatic nitrogens is 5. The molecule has 0 aliphatic heterocycles. The molecule has 1 saturated carbocycles. The minimum absolute atomic E-state index is 0.127. The number of alkyl halides is 1. The van der Waals surface area contributed by atoms with Crippen molar-refractivity contribution in [3.8, 4) is 17.5 Å². The van der Waals surface area contributed by atoms with E-state index < -0.39 is 17.7 Å². The third-order valence-electron chi connectivity index (χ3n) is 7.06. The van der Waals surface area contributed by atoms with Crippen molar-refractivity contribution in [1.82, 2.24) is 30.1 Å². The monoisotopic (exact) mass is 548 g/mol. The van der Waals surface area contributed by atoms with E-state index in [4.69, 9.17) is 0 Å². The molecule has 202 valence electrons. The molecule has 3 N–H and O–H groups in total. The highest BCUT2D eigenvalue weighted by Gasteiger charge is 2.28. The Morgan fingerprint density at radius 3 is 2.77 bits per heavy atom. The summed E-state index contributed by atoms with van der Waals surface area (Å²) in [5.74, 6) is -0.103. The van der Waals surface area contributed by atoms with Crippen molar-refractivity contribution in [2.45, 2.75) is 63.3 Å². The van der Waals surface area contributed by atoms with Crippen molar-refractivity contribution in [2.75, 3.05) is 11.9 Å². The molecule has 1 aliphatic rings. The fraction of sp³-hybridized carbons (Fsp3) is 0.407. The summed E-state index contributed by atoms with van der Waals surface area (Å²) >= 11 is 1.58. The molecule has 0 radical (unpaired) electrons. The van der Waals surface area contributed by atoms with Crippen LogP contribution in [0, 0.1) is 11.3 Å². The summed E-state index contributed by atoms with van der Waals surface area (Å²) < 4.78 is 16.0. The number of carbonyl (C=O) groups excluding carboxylic acids is 1. The van der Waals surface area contributed by atoms with Gasteiger partial charge in [-0.2, -0.15) is 10.4 Å². The summed E-state index contributed by atoms with van der Waals surface area (Å²) in [6.45, 7) is 2.40. The van der Waals surface area contributed by atoms with Crippen LogP contribution in [0.4, 0.5) is 10.1 Å². The third-order valence-corrected chi connectivity index (χ3v) is 7.92. The Balaban J connectivity index is 1.41. The normalized spacial score (nSPS) is 18.4. The molecule has 0 bridgehead atoms. The predicted molar refractivity (Wildman–Crippen MR) is 145 cm³/mol. The maximum absolute atomic E-state index is 14.3. The van der Waals surface area contributed by atoms with Gasteiger partial charge < -0.3 is 15.7 Å². The molecule has 39 heavy (non-hydrogen) atoms. The first-order valence-corrected chi connectivity index (χ1v) is 13.7. The second-order valence-electron chi connectivity index (χ2n) is 10.3. The van der Waals surface area contributed by atoms with E-state index in [2.05, 4.69) is 37.0 Å². The number of halogens is 1. The summed E-state index contributed by atoms with van der Waals surface area (Å²) in [6, 6.07) is 9.47. The van der Waals surface area contributed by atoms with E-state index in [0.717, 1.165) is 36.2 Å². The zero-order valence-corrected chi connectivity index (χ0v) is 22.5. The average molecular weight is 549 g/mol. The van der Waals surface area contributed by atoms with E-state index >= 15 is 0 Å². The second-order valence-corrected chi connectivity index (χ2v) is 11.2. The van der Waals surface area contributed by atoms with E-state index in [0.29, 0.717) is 28.6 Å². The molecule has 1 amide bonds. The lowest BCUT2D eigenvalue weighted by molar-refractivity contribution is -0.00177. The van der Waals surface area contributed by atoms with Crippen molar-refractivity contribution in [2.24, 2.45) is 0 Å². The number of nitrogens with one attached hydrogen (secondary N) is 2. The van der Waals surface area contributed by atoms with Gasteiger partial charge in [0.05, 0.1) is 52.1 Å². The number of carbonyl (C=O) groups is 1. The molecule has 1 aliphatic carbocycles. The zero-order chi connectivity index (χ0) is 27.6. The maximum atomic E-state index is 14.3. The Bertz CT molecular complexity index is 1500. The van der Waals surface area contributed by atoms with Gasteiger partial charge in [-0.3, -0.25) is 9.78 Å². The first-order chi connectivity index (χ1) is 18.7. The Morgan fingerprint density at radius 2 is 2.08 bits per heavy atom. The largest absolute Gasteiger partial charge is 0.387 e. The van der Waals surface area contributed by atoms with Crippen molar-refractivity contribution in [3.63, 3.8) is 0 Å². The fourth-order valence-electron chi connectivity index (χ4n) is 4.74. The van der Waals surface area contributed by atoms with E-state index in [1.54, 1.807) is 33.5 Å². The molecule has 4 aromatic heterocycles. The fourth-order valence-corrected chi connectivity index (χ4v) is 5.47. The number of fused-ring (bicyclic) bond motifs is 1. The molecular formula is C27H29FN8O2S. The Hall–Kier alpha value is -3.95. The molecule has 0 aromatic carbocycles. The minimum atomic E-state index is -1.63. The molecule has 10 nitrogen and oxygen atoms in total. The SMILES string of the molecule is CC(C)(O)[C@H](F)CNC(=O)c1cnc(-c2ccc3cc(C#N)cnn23)cc1NC1CCC(c2nncs2)CC1. The van der Waals surface area contributed by atoms with Gasteiger partial charge in [-0.05, 0) is 63.8 Å². The zero-order valence-electron chi connectivity index (χ0n) is 21.6. The maximum Gasteiger partial charge on any atom is 0.255 e. The average Bonchev–Trinajstić information content (AvgIpc) is 3.61. The van der Waals surface area contributed by atoms with Crippen LogP contribution in [0.3, 0.4) is 0 Å². The van der Waals surface area contributed by atoms with Crippen LogP contribution in [0.5, 0.6) is 0 Å². The smallest absolute Gasteiger partial charge is 0.255 e. The molecule has 5 rings (SSSR count). The van der Waals surface area contributed by atoms with Crippen molar-refractivity contribution in [1.29, 1.82) is 5.26 Å². The molecule has 0 spiro atoms. The third kappa shape index (κ3) is 5.89. The number of nitriles is 1. The molecule has 4 heterocycles. The summed E-state index contributed by atoms with van der Waals surface area (Å²) in [7, 11) is 0. The van der Waals surface area contributed by atoms with Crippen LogP contribution in [0.2, 0.25) is 0 Å². The van der Waals surface area contributed by atoms with Crippen LogP contribution >= 0.6 is 11.3 Å². The van der Waals surface area contributed by atoms with Crippen molar-refractivity contribution < 1.29 is 14.3 Å². The molecule has 4 aromatic rings. The Morgan fingerprint density at radius 1 is 1.28 bits per heavy atom. The molecule has 1 atom stereocenters. The number of pyridine rings is 1. The highest BCUT2D eigenvalue weighted by Crippen LogP contribution is 2.35. The van der Waals surface area contributed by atoms with Crippen LogP contribution in [0.25, 0.3) is 16.9 Å². The number of aliphatic hydroxyl groups is 1. The van der Waals surface area contributed by atoms with Crippen LogP contribution < -0.4 is 10.6 Å². The summed E-state index contributed by atoms with van der Waals surface area (Å²) in [5, 5.41) is 38.8. The number of rotatable bonds is 8. The highest BCUT2D eigenvalue weighted by molar-refractivity contribution is 7.09. The van der Waals surface area contributed by atoms with Gasteiger partial charge in [0.25, 0.3) is 5.91 Å². The van der Waals surface area contributed by atoms with Gasteiger partial charge in [0.2, 0.25) is 0 Å². The Labute approximate surface area is 228 Å². The molecule has 12 heteroatoms. The number of hydrogen-bond donors (Lipinski definition) is 3. The van der Waals surface area contributed by atoms with Crippen LogP contribution in [-0.2, 0) is 0 Å². The topological polar surface area (TPSA) is 141 Å². The number of amides is 1. The first-order valence-electron chi connectivity index (χ1n) is 12.8. The quantitative estimate of drug-likeness (QED) is 0.299. The molecule has 0 saturated heterocycles. The van der Waals surface area contributed by atoms with E-state index in [1.807, 2.05) is 12.1 Å². The van der Waals surface area contributed by atoms with Crippen molar-refractivity contribution >= 4 is 28.4 Å². The molecule has 0 unspecified atom stereocenters. The standard InChI is InChI=1S/C27H29FN8O2S/c1-27(2,38)24(28)14-31-25(37)20-13-30-22(23-8-7-19-9-16(11-29)12-33-36(19)23)10-21(20)34-18-5-3-17(4-6-18)26-35-32-15-39-26/h7-10,12-13,15,17-18,24,38H,3-6,14H2,1-2H3,(H,30,34)(H,31,37)/t17?,18?,24-/m1/s1. The van der Waals surface area contributed by atoms with Gasteiger partial charge in [0.15, 0.2) is 0 Å². The summed E-state index contributed by atoms with van der Waals surface area (Å²) in [4.78, 5) is 17.7.